The molecule has 0 aromatic rings. The van der Waals surface area contributed by atoms with Gasteiger partial charge in [-0.15, -0.1) is 0 Å². The van der Waals surface area contributed by atoms with Gasteiger partial charge < -0.3 is 0 Å². The van der Waals surface area contributed by atoms with Gasteiger partial charge in [0.25, 0.3) is 0 Å². The molecule has 0 aliphatic heterocycles. The lowest BCUT2D eigenvalue weighted by molar-refractivity contribution is -0.105. The van der Waals surface area contributed by atoms with Gasteiger partial charge in [0.05, 0.1) is 0 Å². The summed E-state index contributed by atoms with van der Waals surface area (Å²) in [5, 5.41) is 0. The molecule has 0 spiro atoms. The molecular formula is C14H26O. The molecular weight excluding hydrogens is 184 g/mol. The first-order valence-electron chi connectivity index (χ1n) is 6.44. The van der Waals surface area contributed by atoms with Crippen LogP contribution in [0.25, 0.3) is 0 Å². The molecule has 0 fully saturated rings. The maximum Gasteiger partial charge on any atom is 0.145 e. The third kappa shape index (κ3) is 7.35. The van der Waals surface area contributed by atoms with Crippen molar-refractivity contribution in [3.8, 4) is 0 Å². The van der Waals surface area contributed by atoms with Gasteiger partial charge in [0.1, 0.15) is 6.29 Å². The predicted octanol–water partition coefficient (Wildman–Crippen LogP) is 4.52. The molecule has 0 N–H and O–H groups in total. The molecule has 0 saturated carbocycles. The largest absolute Gasteiger partial charge is 0.298 e. The van der Waals surface area contributed by atoms with Gasteiger partial charge >= 0.3 is 0 Å². The van der Waals surface area contributed by atoms with E-state index in [0.717, 1.165) is 37.5 Å². The van der Waals surface area contributed by atoms with Gasteiger partial charge in [-0.3, -0.25) is 4.79 Å². The molecule has 0 aromatic heterocycles. The van der Waals surface area contributed by atoms with Crippen molar-refractivity contribution in [1.29, 1.82) is 0 Å². The smallest absolute Gasteiger partial charge is 0.145 e. The fourth-order valence-corrected chi connectivity index (χ4v) is 1.74. The van der Waals surface area contributed by atoms with Gasteiger partial charge in [-0.25, -0.2) is 0 Å². The van der Waals surface area contributed by atoms with Crippen molar-refractivity contribution in [3.05, 3.63) is 11.6 Å². The van der Waals surface area contributed by atoms with Crippen molar-refractivity contribution < 1.29 is 4.79 Å². The second-order valence-electron chi connectivity index (χ2n) is 4.27. The van der Waals surface area contributed by atoms with Crippen LogP contribution in [0.5, 0.6) is 0 Å². The van der Waals surface area contributed by atoms with Crippen LogP contribution in [-0.4, -0.2) is 6.29 Å². The number of carbonyl (C=O) groups excluding carboxylic acids is 1. The van der Waals surface area contributed by atoms with E-state index in [4.69, 9.17) is 0 Å². The number of allylic oxidation sites excluding steroid dienone is 2. The Kier molecular flexibility index (Phi) is 9.55. The highest BCUT2D eigenvalue weighted by Crippen LogP contribution is 2.17. The lowest BCUT2D eigenvalue weighted by Crippen LogP contribution is -1.98. The molecule has 0 heterocycles. The minimum atomic E-state index is 0.613. The summed E-state index contributed by atoms with van der Waals surface area (Å²) in [4.78, 5) is 10.9. The Morgan fingerprint density at radius 2 is 1.80 bits per heavy atom. The summed E-state index contributed by atoms with van der Waals surface area (Å²) in [5.41, 5.74) is 1.01. The Morgan fingerprint density at radius 1 is 1.13 bits per heavy atom. The van der Waals surface area contributed by atoms with Gasteiger partial charge in [0, 0.05) is 0 Å². The molecule has 0 aliphatic carbocycles. The second kappa shape index (κ2) is 9.95. The van der Waals surface area contributed by atoms with Gasteiger partial charge in [-0.2, -0.15) is 0 Å². The molecule has 1 unspecified atom stereocenters. The molecule has 88 valence electrons. The van der Waals surface area contributed by atoms with E-state index in [2.05, 4.69) is 26.8 Å². The summed E-state index contributed by atoms with van der Waals surface area (Å²) in [7, 11) is 0. The zero-order valence-corrected chi connectivity index (χ0v) is 10.6. The first-order valence-corrected chi connectivity index (χ1v) is 6.44. The van der Waals surface area contributed by atoms with E-state index in [9.17, 15) is 4.79 Å². The first-order chi connectivity index (χ1) is 7.28. The van der Waals surface area contributed by atoms with E-state index in [0.29, 0.717) is 5.92 Å². The number of carbonyl (C=O) groups is 1. The minimum absolute atomic E-state index is 0.613. The van der Waals surface area contributed by atoms with Crippen LogP contribution < -0.4 is 0 Å². The van der Waals surface area contributed by atoms with E-state index >= 15 is 0 Å². The third-order valence-corrected chi connectivity index (χ3v) is 2.87. The highest BCUT2D eigenvalue weighted by atomic mass is 16.1. The minimum Gasteiger partial charge on any atom is -0.298 e. The fraction of sp³-hybridized carbons (Fsp3) is 0.786. The molecule has 0 saturated heterocycles. The highest BCUT2D eigenvalue weighted by molar-refractivity contribution is 5.73. The van der Waals surface area contributed by atoms with Crippen molar-refractivity contribution in [2.24, 2.45) is 5.92 Å². The number of hydrogen-bond donors (Lipinski definition) is 0. The number of rotatable bonds is 9. The van der Waals surface area contributed by atoms with Crippen LogP contribution in [-0.2, 0) is 4.79 Å². The Labute approximate surface area is 95.0 Å². The molecule has 15 heavy (non-hydrogen) atoms. The van der Waals surface area contributed by atoms with Gasteiger partial charge in [0.15, 0.2) is 0 Å². The quantitative estimate of drug-likeness (QED) is 0.404. The van der Waals surface area contributed by atoms with Crippen molar-refractivity contribution in [2.45, 2.75) is 65.7 Å². The van der Waals surface area contributed by atoms with E-state index in [1.165, 1.54) is 19.3 Å². The van der Waals surface area contributed by atoms with Crippen molar-refractivity contribution >= 4 is 6.29 Å². The molecule has 0 amide bonds. The summed E-state index contributed by atoms with van der Waals surface area (Å²) < 4.78 is 0. The monoisotopic (exact) mass is 210 g/mol. The van der Waals surface area contributed by atoms with E-state index < -0.39 is 0 Å². The SMILES string of the molecule is CCCCC(C=O)=CC(CC)CCCC. The fourth-order valence-electron chi connectivity index (χ4n) is 1.74. The van der Waals surface area contributed by atoms with Gasteiger partial charge in [-0.1, -0.05) is 46.1 Å². The molecule has 0 bridgehead atoms. The summed E-state index contributed by atoms with van der Waals surface area (Å²) in [5.74, 6) is 0.613. The number of aldehydes is 1. The average molecular weight is 210 g/mol. The number of hydrogen-bond acceptors (Lipinski definition) is 1. The lowest BCUT2D eigenvalue weighted by atomic mass is 9.95. The molecule has 1 heteroatoms. The van der Waals surface area contributed by atoms with Crippen LogP contribution in [0.1, 0.15) is 65.7 Å². The average Bonchev–Trinajstić information content (AvgIpc) is 2.28. The molecule has 0 radical (unpaired) electrons. The van der Waals surface area contributed by atoms with Crippen LogP contribution >= 0.6 is 0 Å². The Balaban J connectivity index is 4.14. The molecule has 1 atom stereocenters. The van der Waals surface area contributed by atoms with Crippen molar-refractivity contribution in [3.63, 3.8) is 0 Å². The summed E-state index contributed by atoms with van der Waals surface area (Å²) in [6.07, 6.45) is 11.4. The Bertz CT molecular complexity index is 182. The maximum absolute atomic E-state index is 10.9. The van der Waals surface area contributed by atoms with Crippen LogP contribution in [0, 0.1) is 5.92 Å². The van der Waals surface area contributed by atoms with E-state index in [-0.39, 0.29) is 0 Å². The number of unbranched alkanes of at least 4 members (excludes halogenated alkanes) is 2. The first kappa shape index (κ1) is 14.4. The summed E-state index contributed by atoms with van der Waals surface area (Å²) in [6.45, 7) is 6.59. The zero-order valence-electron chi connectivity index (χ0n) is 10.6. The predicted molar refractivity (Wildman–Crippen MR) is 67.0 cm³/mol. The highest BCUT2D eigenvalue weighted by Gasteiger charge is 2.04. The maximum atomic E-state index is 10.9. The van der Waals surface area contributed by atoms with Crippen LogP contribution in [0.4, 0.5) is 0 Å². The molecule has 0 aromatic carbocycles. The van der Waals surface area contributed by atoms with Crippen LogP contribution in [0.3, 0.4) is 0 Å². The Hall–Kier alpha value is -0.590. The van der Waals surface area contributed by atoms with Gasteiger partial charge in [0.2, 0.25) is 0 Å². The lowest BCUT2D eigenvalue weighted by Gasteiger charge is -2.10. The molecule has 0 aliphatic rings. The normalized spacial score (nSPS) is 13.9. The van der Waals surface area contributed by atoms with Gasteiger partial charge in [-0.05, 0) is 37.2 Å². The molecule has 0 rings (SSSR count). The van der Waals surface area contributed by atoms with Crippen molar-refractivity contribution in [2.75, 3.05) is 0 Å². The molecule has 1 nitrogen and oxygen atoms in total. The standard InChI is InChI=1S/C14H26O/c1-4-7-9-13(6-3)11-14(12-15)10-8-5-2/h11-13H,4-10H2,1-3H3. The van der Waals surface area contributed by atoms with E-state index in [1.807, 2.05) is 0 Å². The van der Waals surface area contributed by atoms with Crippen LogP contribution in [0.2, 0.25) is 0 Å². The zero-order chi connectivity index (χ0) is 11.5. The van der Waals surface area contributed by atoms with E-state index in [1.54, 1.807) is 0 Å². The third-order valence-electron chi connectivity index (χ3n) is 2.87. The Morgan fingerprint density at radius 3 is 2.27 bits per heavy atom. The topological polar surface area (TPSA) is 17.1 Å². The van der Waals surface area contributed by atoms with Crippen LogP contribution in [0.15, 0.2) is 11.6 Å². The summed E-state index contributed by atoms with van der Waals surface area (Å²) >= 11 is 0. The van der Waals surface area contributed by atoms with Crippen molar-refractivity contribution in [1.82, 2.24) is 0 Å². The summed E-state index contributed by atoms with van der Waals surface area (Å²) in [6, 6.07) is 0. The second-order valence-corrected chi connectivity index (χ2v) is 4.27.